The van der Waals surface area contributed by atoms with Crippen molar-refractivity contribution < 1.29 is 24.6 Å². The van der Waals surface area contributed by atoms with E-state index in [1.807, 2.05) is 30.3 Å². The van der Waals surface area contributed by atoms with Crippen molar-refractivity contribution >= 4 is 18.2 Å². The molecule has 0 heterocycles. The van der Waals surface area contributed by atoms with Gasteiger partial charge in [0.1, 0.15) is 12.3 Å². The van der Waals surface area contributed by atoms with Crippen LogP contribution in [0.15, 0.2) is 30.3 Å². The molecule has 0 saturated heterocycles. The average molecular weight is 282 g/mol. The Morgan fingerprint density at radius 1 is 1.15 bits per heavy atom. The molecule has 6 N–H and O–H groups in total. The molecule has 0 radical (unpaired) electrons. The molecular weight excluding hydrogens is 264 g/mol. The number of nitrogens with two attached hydrogens (primary N) is 2. The predicted octanol–water partition coefficient (Wildman–Crippen LogP) is -0.372. The molecule has 0 amide bonds. The maximum absolute atomic E-state index is 10.4. The molecule has 110 valence electrons. The summed E-state index contributed by atoms with van der Waals surface area (Å²) in [6.07, 6.45) is 0.508. The van der Waals surface area contributed by atoms with Gasteiger partial charge in [-0.3, -0.25) is 9.59 Å². The van der Waals surface area contributed by atoms with Crippen LogP contribution in [0.2, 0.25) is 0 Å². The van der Waals surface area contributed by atoms with E-state index in [1.165, 1.54) is 0 Å². The van der Waals surface area contributed by atoms with E-state index in [0.29, 0.717) is 12.7 Å². The third-order valence-electron chi connectivity index (χ3n) is 2.20. The van der Waals surface area contributed by atoms with Crippen molar-refractivity contribution in [3.05, 3.63) is 35.9 Å². The number of aliphatic carboxylic acids is 2. The van der Waals surface area contributed by atoms with Crippen LogP contribution in [0.25, 0.3) is 0 Å². The maximum atomic E-state index is 10.4. The van der Waals surface area contributed by atoms with Crippen molar-refractivity contribution in [3.8, 4) is 0 Å². The third kappa shape index (κ3) is 8.78. The molecule has 0 aromatic heterocycles. The average Bonchev–Trinajstić information content (AvgIpc) is 2.39. The minimum absolute atomic E-state index is 0.288. The molecule has 0 bridgehead atoms. The van der Waals surface area contributed by atoms with Crippen molar-refractivity contribution in [2.24, 2.45) is 11.5 Å². The number of rotatable bonds is 6. The molecular formula is C13H18N2O5. The number of benzene rings is 1. The number of carbonyl (C=O) groups excluding carboxylic acids is 1. The van der Waals surface area contributed by atoms with Crippen LogP contribution >= 0.6 is 0 Å². The van der Waals surface area contributed by atoms with Crippen molar-refractivity contribution in [1.29, 1.82) is 0 Å². The summed E-state index contributed by atoms with van der Waals surface area (Å²) < 4.78 is 0. The summed E-state index contributed by atoms with van der Waals surface area (Å²) in [5.74, 6) is -2.01. The topological polar surface area (TPSA) is 144 Å². The van der Waals surface area contributed by atoms with Gasteiger partial charge in [-0.15, -0.1) is 0 Å². The highest BCUT2D eigenvalue weighted by atomic mass is 16.4. The number of carbonyl (C=O) groups is 3. The Labute approximate surface area is 116 Å². The summed E-state index contributed by atoms with van der Waals surface area (Å²) in [6.45, 7) is 0. The van der Waals surface area contributed by atoms with Crippen LogP contribution in [-0.2, 0) is 20.8 Å². The summed E-state index contributed by atoms with van der Waals surface area (Å²) in [6, 6.07) is 7.69. The lowest BCUT2D eigenvalue weighted by Gasteiger charge is -2.04. The van der Waals surface area contributed by atoms with Crippen LogP contribution < -0.4 is 11.5 Å². The predicted molar refractivity (Wildman–Crippen MR) is 72.0 cm³/mol. The summed E-state index contributed by atoms with van der Waals surface area (Å²) in [4.78, 5) is 29.8. The Morgan fingerprint density at radius 2 is 1.70 bits per heavy atom. The van der Waals surface area contributed by atoms with Gasteiger partial charge in [0.05, 0.1) is 12.5 Å². The monoisotopic (exact) mass is 282 g/mol. The number of aldehydes is 1. The zero-order valence-electron chi connectivity index (χ0n) is 10.8. The van der Waals surface area contributed by atoms with Crippen LogP contribution in [-0.4, -0.2) is 40.5 Å². The van der Waals surface area contributed by atoms with Gasteiger partial charge in [0, 0.05) is 0 Å². The van der Waals surface area contributed by atoms with Gasteiger partial charge in [-0.1, -0.05) is 30.3 Å². The third-order valence-corrected chi connectivity index (χ3v) is 2.20. The molecule has 0 fully saturated rings. The van der Waals surface area contributed by atoms with Gasteiger partial charge in [0.15, 0.2) is 0 Å². The maximum Gasteiger partial charge on any atom is 0.320 e. The van der Waals surface area contributed by atoms with Gasteiger partial charge in [-0.2, -0.15) is 0 Å². The first-order valence-corrected chi connectivity index (χ1v) is 5.81. The van der Waals surface area contributed by atoms with Crippen molar-refractivity contribution in [1.82, 2.24) is 0 Å². The molecule has 1 rings (SSSR count). The van der Waals surface area contributed by atoms with Crippen molar-refractivity contribution in [3.63, 3.8) is 0 Å². The van der Waals surface area contributed by atoms with Gasteiger partial charge in [0.25, 0.3) is 0 Å². The standard InChI is InChI=1S/C9H11NO2.C4H7NO3/c10-8(9(11)12)6-7-4-2-1-3-5-7;5-3(2-6)1-4(7)8/h1-5,8H,6,10H2,(H,11,12);2-3H,1,5H2,(H,7,8)/t8-;/m0./s1. The van der Waals surface area contributed by atoms with Crippen molar-refractivity contribution in [2.45, 2.75) is 24.9 Å². The molecule has 20 heavy (non-hydrogen) atoms. The van der Waals surface area contributed by atoms with E-state index >= 15 is 0 Å². The Balaban J connectivity index is 0.000000396. The first-order valence-electron chi connectivity index (χ1n) is 5.81. The second-order valence-electron chi connectivity index (χ2n) is 4.03. The van der Waals surface area contributed by atoms with Crippen LogP contribution in [0.4, 0.5) is 0 Å². The zero-order chi connectivity index (χ0) is 15.5. The molecule has 0 aliphatic heterocycles. The van der Waals surface area contributed by atoms with E-state index in [9.17, 15) is 14.4 Å². The molecule has 1 aromatic rings. The molecule has 0 aliphatic carbocycles. The fourth-order valence-corrected chi connectivity index (χ4v) is 1.21. The van der Waals surface area contributed by atoms with Crippen LogP contribution in [0.3, 0.4) is 0 Å². The molecule has 7 nitrogen and oxygen atoms in total. The van der Waals surface area contributed by atoms with E-state index in [1.54, 1.807) is 0 Å². The minimum Gasteiger partial charge on any atom is -0.481 e. The van der Waals surface area contributed by atoms with Gasteiger partial charge in [-0.25, -0.2) is 0 Å². The molecule has 0 saturated carbocycles. The van der Waals surface area contributed by atoms with E-state index < -0.39 is 24.0 Å². The summed E-state index contributed by atoms with van der Waals surface area (Å²) in [7, 11) is 0. The zero-order valence-corrected chi connectivity index (χ0v) is 10.8. The van der Waals surface area contributed by atoms with E-state index in [0.717, 1.165) is 5.56 Å². The van der Waals surface area contributed by atoms with Gasteiger partial charge in [0.2, 0.25) is 0 Å². The van der Waals surface area contributed by atoms with Gasteiger partial charge in [-0.05, 0) is 12.0 Å². The smallest absolute Gasteiger partial charge is 0.320 e. The molecule has 0 spiro atoms. The van der Waals surface area contributed by atoms with Crippen LogP contribution in [0.5, 0.6) is 0 Å². The first-order chi connectivity index (χ1) is 9.36. The normalized spacial score (nSPS) is 12.5. The minimum atomic E-state index is -1.05. The lowest BCUT2D eigenvalue weighted by atomic mass is 10.1. The van der Waals surface area contributed by atoms with Crippen LogP contribution in [0.1, 0.15) is 12.0 Å². The van der Waals surface area contributed by atoms with Gasteiger partial charge >= 0.3 is 11.9 Å². The Bertz CT molecular complexity index is 436. The summed E-state index contributed by atoms with van der Waals surface area (Å²) in [5, 5.41) is 16.5. The lowest BCUT2D eigenvalue weighted by Crippen LogP contribution is -2.32. The largest absolute Gasteiger partial charge is 0.481 e. The number of carboxylic acid groups (broad SMARTS) is 2. The highest BCUT2D eigenvalue weighted by molar-refractivity contribution is 5.73. The second kappa shape index (κ2) is 9.65. The molecule has 0 aliphatic rings. The van der Waals surface area contributed by atoms with E-state index in [-0.39, 0.29) is 6.42 Å². The Morgan fingerprint density at radius 3 is 2.05 bits per heavy atom. The summed E-state index contributed by atoms with van der Waals surface area (Å²) >= 11 is 0. The van der Waals surface area contributed by atoms with E-state index in [4.69, 9.17) is 21.7 Å². The SMILES string of the molecule is NC(C=O)CC(=O)O.N[C@@H](Cc1ccccc1)C(=O)O. The first kappa shape index (κ1) is 17.8. The molecule has 2 atom stereocenters. The second-order valence-corrected chi connectivity index (χ2v) is 4.03. The van der Waals surface area contributed by atoms with Gasteiger partial charge < -0.3 is 26.5 Å². The highest BCUT2D eigenvalue weighted by Gasteiger charge is 2.10. The quantitative estimate of drug-likeness (QED) is 0.521. The highest BCUT2D eigenvalue weighted by Crippen LogP contribution is 2.01. The fourth-order valence-electron chi connectivity index (χ4n) is 1.21. The van der Waals surface area contributed by atoms with Crippen LogP contribution in [0, 0.1) is 0 Å². The number of hydrogen-bond donors (Lipinski definition) is 4. The number of hydrogen-bond acceptors (Lipinski definition) is 5. The van der Waals surface area contributed by atoms with Crippen molar-refractivity contribution in [2.75, 3.05) is 0 Å². The Kier molecular flexibility index (Phi) is 8.56. The molecule has 7 heteroatoms. The molecule has 1 aromatic carbocycles. The summed E-state index contributed by atoms with van der Waals surface area (Å²) in [5.41, 5.74) is 11.2. The lowest BCUT2D eigenvalue weighted by molar-refractivity contribution is -0.139. The molecule has 1 unspecified atom stereocenters. The fraction of sp³-hybridized carbons (Fsp3) is 0.308. The Hall–Kier alpha value is -2.25. The van der Waals surface area contributed by atoms with E-state index in [2.05, 4.69) is 0 Å². The number of carboxylic acids is 2.